The third-order valence-electron chi connectivity index (χ3n) is 3.11. The van der Waals surface area contributed by atoms with Crippen molar-refractivity contribution in [3.63, 3.8) is 0 Å². The van der Waals surface area contributed by atoms with Crippen molar-refractivity contribution in [1.29, 1.82) is 5.26 Å². The van der Waals surface area contributed by atoms with E-state index < -0.39 is 6.04 Å². The Morgan fingerprint density at radius 1 is 1.39 bits per heavy atom. The van der Waals surface area contributed by atoms with Crippen LogP contribution in [0.4, 0.5) is 4.39 Å². The first-order valence-electron chi connectivity index (χ1n) is 6.01. The summed E-state index contributed by atoms with van der Waals surface area (Å²) in [6.45, 7) is 3.50. The number of nitrogens with one attached hydrogen (secondary N) is 1. The van der Waals surface area contributed by atoms with Gasteiger partial charge in [0.1, 0.15) is 11.9 Å². The van der Waals surface area contributed by atoms with Gasteiger partial charge < -0.3 is 5.32 Å². The van der Waals surface area contributed by atoms with Crippen molar-refractivity contribution < 1.29 is 4.39 Å². The van der Waals surface area contributed by atoms with Crippen molar-refractivity contribution in [2.45, 2.75) is 12.5 Å². The van der Waals surface area contributed by atoms with Gasteiger partial charge in [0.2, 0.25) is 0 Å². The van der Waals surface area contributed by atoms with E-state index >= 15 is 0 Å². The standard InChI is InChI=1S/C13H15BrFN3/c14-12-3-2-10(15)8-11(12)13(9-16)18-6-1-4-17-5-7-18/h2-3,8,13,17H,1,4-7H2. The molecule has 1 aromatic rings. The number of rotatable bonds is 2. The van der Waals surface area contributed by atoms with Crippen LogP contribution < -0.4 is 5.32 Å². The Bertz CT molecular complexity index is 450. The van der Waals surface area contributed by atoms with Crippen molar-refractivity contribution in [3.8, 4) is 6.07 Å². The fourth-order valence-corrected chi connectivity index (χ4v) is 2.66. The van der Waals surface area contributed by atoms with E-state index in [4.69, 9.17) is 0 Å². The minimum Gasteiger partial charge on any atom is -0.315 e. The molecule has 5 heteroatoms. The van der Waals surface area contributed by atoms with Crippen LogP contribution in [0.1, 0.15) is 18.0 Å². The first kappa shape index (κ1) is 13.5. The minimum absolute atomic E-state index is 0.304. The van der Waals surface area contributed by atoms with Crippen LogP contribution in [0.2, 0.25) is 0 Å². The van der Waals surface area contributed by atoms with Gasteiger partial charge in [0, 0.05) is 29.7 Å². The predicted octanol–water partition coefficient (Wildman–Crippen LogP) is 2.45. The van der Waals surface area contributed by atoms with Crippen LogP contribution in [0.15, 0.2) is 22.7 Å². The van der Waals surface area contributed by atoms with Gasteiger partial charge in [-0.2, -0.15) is 5.26 Å². The van der Waals surface area contributed by atoms with Gasteiger partial charge in [-0.3, -0.25) is 4.90 Å². The van der Waals surface area contributed by atoms with E-state index in [-0.39, 0.29) is 5.82 Å². The maximum Gasteiger partial charge on any atom is 0.125 e. The van der Waals surface area contributed by atoms with E-state index in [1.54, 1.807) is 6.07 Å². The molecular formula is C13H15BrFN3. The summed E-state index contributed by atoms with van der Waals surface area (Å²) in [5, 5.41) is 12.7. The summed E-state index contributed by atoms with van der Waals surface area (Å²) in [7, 11) is 0. The monoisotopic (exact) mass is 311 g/mol. The van der Waals surface area contributed by atoms with E-state index in [0.29, 0.717) is 5.56 Å². The molecule has 0 amide bonds. The second-order valence-corrected chi connectivity index (χ2v) is 5.19. The van der Waals surface area contributed by atoms with Crippen LogP contribution >= 0.6 is 15.9 Å². The number of nitrogens with zero attached hydrogens (tertiary/aromatic N) is 2. The highest BCUT2D eigenvalue weighted by Gasteiger charge is 2.23. The van der Waals surface area contributed by atoms with E-state index in [2.05, 4.69) is 32.2 Å². The fourth-order valence-electron chi connectivity index (χ4n) is 2.20. The van der Waals surface area contributed by atoms with Gasteiger partial charge >= 0.3 is 0 Å². The van der Waals surface area contributed by atoms with Crippen molar-refractivity contribution in [1.82, 2.24) is 10.2 Å². The summed E-state index contributed by atoms with van der Waals surface area (Å²) in [6, 6.07) is 6.39. The minimum atomic E-state index is -0.394. The SMILES string of the molecule is N#CC(c1cc(F)ccc1Br)N1CCCNCC1. The first-order chi connectivity index (χ1) is 8.72. The van der Waals surface area contributed by atoms with Gasteiger partial charge in [-0.05, 0) is 31.2 Å². The maximum absolute atomic E-state index is 13.3. The highest BCUT2D eigenvalue weighted by Crippen LogP contribution is 2.28. The Morgan fingerprint density at radius 3 is 3.00 bits per heavy atom. The Kier molecular flexibility index (Phi) is 4.70. The second kappa shape index (κ2) is 6.28. The Labute approximate surface area is 115 Å². The summed E-state index contributed by atoms with van der Waals surface area (Å²) in [5.74, 6) is -0.304. The summed E-state index contributed by atoms with van der Waals surface area (Å²) >= 11 is 3.40. The van der Waals surface area contributed by atoms with Crippen molar-refractivity contribution in [2.24, 2.45) is 0 Å². The molecule has 0 aliphatic carbocycles. The van der Waals surface area contributed by atoms with Gasteiger partial charge in [0.15, 0.2) is 0 Å². The molecular weight excluding hydrogens is 297 g/mol. The van der Waals surface area contributed by atoms with Crippen molar-refractivity contribution in [2.75, 3.05) is 26.2 Å². The molecule has 2 rings (SSSR count). The van der Waals surface area contributed by atoms with Gasteiger partial charge in [0.05, 0.1) is 6.07 Å². The first-order valence-corrected chi connectivity index (χ1v) is 6.81. The van der Waals surface area contributed by atoms with Crippen LogP contribution in [0, 0.1) is 17.1 Å². The largest absolute Gasteiger partial charge is 0.315 e. The van der Waals surface area contributed by atoms with E-state index in [1.165, 1.54) is 12.1 Å². The lowest BCUT2D eigenvalue weighted by Crippen LogP contribution is -2.31. The molecule has 96 valence electrons. The Balaban J connectivity index is 2.26. The quantitative estimate of drug-likeness (QED) is 0.912. The lowest BCUT2D eigenvalue weighted by molar-refractivity contribution is 0.251. The normalized spacial score (nSPS) is 18.9. The van der Waals surface area contributed by atoms with Crippen molar-refractivity contribution >= 4 is 15.9 Å². The fraction of sp³-hybridized carbons (Fsp3) is 0.462. The van der Waals surface area contributed by atoms with E-state index in [9.17, 15) is 9.65 Å². The molecule has 3 nitrogen and oxygen atoms in total. The average molecular weight is 312 g/mol. The molecule has 1 aliphatic rings. The molecule has 1 atom stereocenters. The topological polar surface area (TPSA) is 39.1 Å². The van der Waals surface area contributed by atoms with Gasteiger partial charge in [-0.25, -0.2) is 4.39 Å². The summed E-state index contributed by atoms with van der Waals surface area (Å²) in [4.78, 5) is 2.10. The molecule has 1 aliphatic heterocycles. The third-order valence-corrected chi connectivity index (χ3v) is 3.84. The maximum atomic E-state index is 13.3. The smallest absolute Gasteiger partial charge is 0.125 e. The van der Waals surface area contributed by atoms with Gasteiger partial charge in [0.25, 0.3) is 0 Å². The summed E-state index contributed by atoms with van der Waals surface area (Å²) < 4.78 is 14.1. The highest BCUT2D eigenvalue weighted by atomic mass is 79.9. The van der Waals surface area contributed by atoms with Crippen LogP contribution in [0.5, 0.6) is 0 Å². The molecule has 1 unspecified atom stereocenters. The van der Waals surface area contributed by atoms with Crippen LogP contribution in [-0.4, -0.2) is 31.1 Å². The zero-order chi connectivity index (χ0) is 13.0. The Morgan fingerprint density at radius 2 is 2.22 bits per heavy atom. The summed E-state index contributed by atoms with van der Waals surface area (Å²) in [5.41, 5.74) is 0.708. The molecule has 0 bridgehead atoms. The molecule has 18 heavy (non-hydrogen) atoms. The Hall–Kier alpha value is -0.960. The van der Waals surface area contributed by atoms with Crippen molar-refractivity contribution in [3.05, 3.63) is 34.1 Å². The third kappa shape index (κ3) is 3.08. The molecule has 1 fully saturated rings. The molecule has 0 aromatic heterocycles. The second-order valence-electron chi connectivity index (χ2n) is 4.34. The molecule has 0 saturated carbocycles. The summed E-state index contributed by atoms with van der Waals surface area (Å²) in [6.07, 6.45) is 1.01. The zero-order valence-electron chi connectivity index (χ0n) is 10.00. The van der Waals surface area contributed by atoms with Gasteiger partial charge in [-0.1, -0.05) is 15.9 Å². The van der Waals surface area contributed by atoms with Gasteiger partial charge in [-0.15, -0.1) is 0 Å². The lowest BCUT2D eigenvalue weighted by atomic mass is 10.1. The number of hydrogen-bond acceptors (Lipinski definition) is 3. The lowest BCUT2D eigenvalue weighted by Gasteiger charge is -2.26. The number of halogens is 2. The molecule has 1 saturated heterocycles. The van der Waals surface area contributed by atoms with E-state index in [1.807, 2.05) is 0 Å². The molecule has 0 radical (unpaired) electrons. The molecule has 0 spiro atoms. The zero-order valence-corrected chi connectivity index (χ0v) is 11.6. The number of hydrogen-bond donors (Lipinski definition) is 1. The predicted molar refractivity (Wildman–Crippen MR) is 71.5 cm³/mol. The van der Waals surface area contributed by atoms with Crippen LogP contribution in [0.25, 0.3) is 0 Å². The molecule has 1 heterocycles. The van der Waals surface area contributed by atoms with Crippen LogP contribution in [0.3, 0.4) is 0 Å². The number of benzene rings is 1. The molecule has 1 N–H and O–H groups in total. The van der Waals surface area contributed by atoms with Crippen LogP contribution in [-0.2, 0) is 0 Å². The highest BCUT2D eigenvalue weighted by molar-refractivity contribution is 9.10. The van der Waals surface area contributed by atoms with E-state index in [0.717, 1.165) is 37.1 Å². The molecule has 1 aromatic carbocycles. The average Bonchev–Trinajstić information content (AvgIpc) is 2.64. The number of nitriles is 1.